The number of hydrogen-bond donors (Lipinski definition) is 1. The molecule has 0 atom stereocenters. The third kappa shape index (κ3) is 2.45. The third-order valence-electron chi connectivity index (χ3n) is 2.99. The van der Waals surface area contributed by atoms with Crippen LogP contribution in [0.25, 0.3) is 10.2 Å². The van der Waals surface area contributed by atoms with Gasteiger partial charge in [0.15, 0.2) is 3.95 Å². The minimum absolute atomic E-state index is 0.170. The van der Waals surface area contributed by atoms with E-state index in [4.69, 9.17) is 12.2 Å². The maximum absolute atomic E-state index is 5.30. The summed E-state index contributed by atoms with van der Waals surface area (Å²) in [6.45, 7) is 8.97. The van der Waals surface area contributed by atoms with Crippen LogP contribution in [0.1, 0.15) is 45.2 Å². The van der Waals surface area contributed by atoms with Crippen molar-refractivity contribution in [2.24, 2.45) is 0 Å². The monoisotopic (exact) mass is 265 g/mol. The van der Waals surface area contributed by atoms with Crippen molar-refractivity contribution in [3.8, 4) is 0 Å². The van der Waals surface area contributed by atoms with E-state index in [9.17, 15) is 0 Å². The van der Waals surface area contributed by atoms with Gasteiger partial charge in [-0.05, 0) is 35.2 Å². The number of thiazole rings is 1. The molecule has 0 amide bonds. The summed E-state index contributed by atoms with van der Waals surface area (Å²) in [4.78, 5) is 3.36. The maximum atomic E-state index is 5.30. The second-order valence-electron chi connectivity index (χ2n) is 5.49. The standard InChI is InChI=1S/C14H19NS2/c1-5-6-9-7-8-10(14(2,3)4)12-11(9)15-13(16)17-12/h7-8H,5-6H2,1-4H3,(H,15,16). The molecule has 1 aromatic carbocycles. The van der Waals surface area contributed by atoms with E-state index in [2.05, 4.69) is 44.8 Å². The van der Waals surface area contributed by atoms with Gasteiger partial charge in [0.05, 0.1) is 10.2 Å². The van der Waals surface area contributed by atoms with Gasteiger partial charge in [-0.25, -0.2) is 0 Å². The fourth-order valence-electron chi connectivity index (χ4n) is 2.16. The van der Waals surface area contributed by atoms with Crippen molar-refractivity contribution in [3.05, 3.63) is 27.2 Å². The number of fused-ring (bicyclic) bond motifs is 1. The van der Waals surface area contributed by atoms with Crippen LogP contribution in [0, 0.1) is 3.95 Å². The molecule has 0 aliphatic heterocycles. The average molecular weight is 265 g/mol. The van der Waals surface area contributed by atoms with Gasteiger partial charge in [-0.1, -0.05) is 46.2 Å². The number of H-pyrrole nitrogens is 1. The van der Waals surface area contributed by atoms with Crippen molar-refractivity contribution in [1.82, 2.24) is 4.98 Å². The summed E-state index contributed by atoms with van der Waals surface area (Å²) in [7, 11) is 0. The van der Waals surface area contributed by atoms with Gasteiger partial charge in [0.25, 0.3) is 0 Å². The number of hydrogen-bond acceptors (Lipinski definition) is 2. The summed E-state index contributed by atoms with van der Waals surface area (Å²) in [5, 5.41) is 0. The first-order chi connectivity index (χ1) is 7.93. The van der Waals surface area contributed by atoms with Crippen LogP contribution >= 0.6 is 23.6 Å². The van der Waals surface area contributed by atoms with Crippen LogP contribution in [0.5, 0.6) is 0 Å². The van der Waals surface area contributed by atoms with E-state index in [-0.39, 0.29) is 5.41 Å². The van der Waals surface area contributed by atoms with E-state index in [0.29, 0.717) is 0 Å². The van der Waals surface area contributed by atoms with Crippen LogP contribution in [0.4, 0.5) is 0 Å². The Bertz CT molecular complexity index is 584. The Morgan fingerprint density at radius 2 is 2.00 bits per heavy atom. The molecule has 0 radical (unpaired) electrons. The lowest BCUT2D eigenvalue weighted by atomic mass is 9.86. The summed E-state index contributed by atoms with van der Waals surface area (Å²) in [5.74, 6) is 0. The van der Waals surface area contributed by atoms with Crippen molar-refractivity contribution in [2.45, 2.75) is 46.0 Å². The first-order valence-corrected chi connectivity index (χ1v) is 7.31. The Kier molecular flexibility index (Phi) is 3.41. The van der Waals surface area contributed by atoms with E-state index < -0.39 is 0 Å². The summed E-state index contributed by atoms with van der Waals surface area (Å²) in [6.07, 6.45) is 2.28. The zero-order chi connectivity index (χ0) is 12.6. The van der Waals surface area contributed by atoms with Gasteiger partial charge in [-0.2, -0.15) is 0 Å². The number of rotatable bonds is 2. The normalized spacial score (nSPS) is 12.2. The lowest BCUT2D eigenvalue weighted by Gasteiger charge is -2.20. The Hall–Kier alpha value is -0.670. The minimum atomic E-state index is 0.170. The number of aryl methyl sites for hydroxylation is 1. The van der Waals surface area contributed by atoms with Crippen LogP contribution in [-0.4, -0.2) is 4.98 Å². The summed E-state index contributed by atoms with van der Waals surface area (Å²) >= 11 is 7.01. The molecule has 2 rings (SSSR count). The molecule has 0 aliphatic rings. The van der Waals surface area contributed by atoms with Crippen molar-refractivity contribution in [2.75, 3.05) is 0 Å². The molecule has 0 fully saturated rings. The molecule has 1 heterocycles. The highest BCUT2D eigenvalue weighted by atomic mass is 32.1. The first-order valence-electron chi connectivity index (χ1n) is 6.08. The maximum Gasteiger partial charge on any atom is 0.159 e. The van der Waals surface area contributed by atoms with Gasteiger partial charge in [-0.3, -0.25) is 0 Å². The van der Waals surface area contributed by atoms with E-state index in [1.54, 1.807) is 11.3 Å². The summed E-state index contributed by atoms with van der Waals surface area (Å²) in [6, 6.07) is 4.52. The number of aromatic nitrogens is 1. The fourth-order valence-corrected chi connectivity index (χ4v) is 3.61. The van der Waals surface area contributed by atoms with Gasteiger partial charge in [0.2, 0.25) is 0 Å². The Labute approximate surface area is 112 Å². The first kappa shape index (κ1) is 12.8. The molecule has 1 N–H and O–H groups in total. The topological polar surface area (TPSA) is 15.8 Å². The van der Waals surface area contributed by atoms with Crippen molar-refractivity contribution >= 4 is 33.8 Å². The predicted octanol–water partition coefficient (Wildman–Crippen LogP) is 5.21. The highest BCUT2D eigenvalue weighted by Gasteiger charge is 2.19. The molecular weight excluding hydrogens is 246 g/mol. The van der Waals surface area contributed by atoms with Crippen molar-refractivity contribution < 1.29 is 0 Å². The SMILES string of the molecule is CCCc1ccc(C(C)(C)C)c2sc(=S)[nH]c12. The second kappa shape index (κ2) is 4.54. The molecule has 0 spiro atoms. The van der Waals surface area contributed by atoms with Crippen LogP contribution in [0.15, 0.2) is 12.1 Å². The Morgan fingerprint density at radius 1 is 1.29 bits per heavy atom. The molecule has 2 aromatic rings. The zero-order valence-corrected chi connectivity index (χ0v) is 12.5. The number of aromatic amines is 1. The predicted molar refractivity (Wildman–Crippen MR) is 79.7 cm³/mol. The molecule has 1 nitrogen and oxygen atoms in total. The molecule has 0 aliphatic carbocycles. The molecule has 17 heavy (non-hydrogen) atoms. The quantitative estimate of drug-likeness (QED) is 0.737. The van der Waals surface area contributed by atoms with Crippen LogP contribution < -0.4 is 0 Å². The molecule has 0 saturated carbocycles. The molecular formula is C14H19NS2. The molecule has 3 heteroatoms. The number of nitrogens with one attached hydrogen (secondary N) is 1. The lowest BCUT2D eigenvalue weighted by molar-refractivity contribution is 0.596. The molecule has 0 saturated heterocycles. The van der Waals surface area contributed by atoms with Gasteiger partial charge in [-0.15, -0.1) is 11.3 Å². The summed E-state index contributed by atoms with van der Waals surface area (Å²) in [5.41, 5.74) is 4.21. The molecule has 92 valence electrons. The highest BCUT2D eigenvalue weighted by Crippen LogP contribution is 2.34. The highest BCUT2D eigenvalue weighted by molar-refractivity contribution is 7.73. The number of benzene rings is 1. The smallest absolute Gasteiger partial charge is 0.159 e. The van der Waals surface area contributed by atoms with E-state index in [0.717, 1.165) is 10.4 Å². The third-order valence-corrected chi connectivity index (χ3v) is 4.26. The van der Waals surface area contributed by atoms with Crippen molar-refractivity contribution in [3.63, 3.8) is 0 Å². The molecule has 0 unspecified atom stereocenters. The van der Waals surface area contributed by atoms with Gasteiger partial charge < -0.3 is 4.98 Å². The Morgan fingerprint density at radius 3 is 2.59 bits per heavy atom. The van der Waals surface area contributed by atoms with Gasteiger partial charge in [0.1, 0.15) is 0 Å². The average Bonchev–Trinajstić information content (AvgIpc) is 2.58. The fraction of sp³-hybridized carbons (Fsp3) is 0.500. The summed E-state index contributed by atoms with van der Waals surface area (Å²) < 4.78 is 2.22. The van der Waals surface area contributed by atoms with E-state index in [1.807, 2.05) is 0 Å². The van der Waals surface area contributed by atoms with Gasteiger partial charge >= 0.3 is 0 Å². The zero-order valence-electron chi connectivity index (χ0n) is 10.9. The van der Waals surface area contributed by atoms with Crippen LogP contribution in [0.2, 0.25) is 0 Å². The lowest BCUT2D eigenvalue weighted by Crippen LogP contribution is -2.11. The van der Waals surface area contributed by atoms with Crippen molar-refractivity contribution in [1.29, 1.82) is 0 Å². The van der Waals surface area contributed by atoms with E-state index >= 15 is 0 Å². The molecule has 1 aromatic heterocycles. The largest absolute Gasteiger partial charge is 0.337 e. The van der Waals surface area contributed by atoms with Crippen LogP contribution in [0.3, 0.4) is 0 Å². The minimum Gasteiger partial charge on any atom is -0.337 e. The molecule has 0 bridgehead atoms. The van der Waals surface area contributed by atoms with E-state index in [1.165, 1.54) is 27.8 Å². The van der Waals surface area contributed by atoms with Crippen LogP contribution in [-0.2, 0) is 11.8 Å². The van der Waals surface area contributed by atoms with Gasteiger partial charge in [0, 0.05) is 0 Å². The Balaban J connectivity index is 2.75. The second-order valence-corrected chi connectivity index (χ2v) is 7.18.